The molecule has 20 heavy (non-hydrogen) atoms. The molecule has 0 spiro atoms. The first-order chi connectivity index (χ1) is 9.35. The first kappa shape index (κ1) is 15.8. The lowest BCUT2D eigenvalue weighted by Gasteiger charge is -2.09. The summed E-state index contributed by atoms with van der Waals surface area (Å²) in [5, 5.41) is 9.34. The number of halogens is 3. The first-order valence-electron chi connectivity index (χ1n) is 5.21. The minimum Gasteiger partial charge on any atom is -0.450 e. The summed E-state index contributed by atoms with van der Waals surface area (Å²) in [6.45, 7) is -0.394. The van der Waals surface area contributed by atoms with E-state index in [1.165, 1.54) is 6.07 Å². The highest BCUT2D eigenvalue weighted by molar-refractivity contribution is 9.10. The molecule has 108 valence electrons. The smallest absolute Gasteiger partial charge is 0.266 e. The monoisotopic (exact) mass is 443 g/mol. The molecule has 1 heterocycles. The molecule has 0 amide bonds. The van der Waals surface area contributed by atoms with E-state index in [4.69, 9.17) is 21.1 Å². The van der Waals surface area contributed by atoms with Gasteiger partial charge in [-0.15, -0.1) is 0 Å². The molecule has 1 aromatic carbocycles. The van der Waals surface area contributed by atoms with Crippen LogP contribution in [0.3, 0.4) is 0 Å². The molecule has 0 fully saturated rings. The Bertz CT molecular complexity index is 745. The normalized spacial score (nSPS) is 11.6. The van der Waals surface area contributed by atoms with Gasteiger partial charge in [0.1, 0.15) is 17.3 Å². The number of aliphatic hydroxyl groups excluding tert-OH is 1. The number of hydrogen-bond acceptors (Lipinski definition) is 4. The van der Waals surface area contributed by atoms with Crippen molar-refractivity contribution in [3.63, 3.8) is 0 Å². The number of nitrogens with one attached hydrogen (secondary N) is 1. The number of sulfonamides is 1. The van der Waals surface area contributed by atoms with E-state index in [-0.39, 0.29) is 15.3 Å². The second kappa shape index (κ2) is 6.07. The molecule has 2 aromatic rings. The van der Waals surface area contributed by atoms with Gasteiger partial charge in [-0.05, 0) is 44.0 Å². The molecule has 0 aliphatic rings. The zero-order valence-corrected chi connectivity index (χ0v) is 14.5. The van der Waals surface area contributed by atoms with Crippen molar-refractivity contribution in [2.24, 2.45) is 0 Å². The summed E-state index contributed by atoms with van der Waals surface area (Å²) < 4.78 is 32.4. The van der Waals surface area contributed by atoms with E-state index in [9.17, 15) is 8.42 Å². The molecule has 0 unspecified atom stereocenters. The fraction of sp³-hybridized carbons (Fsp3) is 0.0909. The lowest BCUT2D eigenvalue weighted by Crippen LogP contribution is -2.13. The Labute approximate surface area is 137 Å². The van der Waals surface area contributed by atoms with Gasteiger partial charge in [0.25, 0.3) is 10.0 Å². The summed E-state index contributed by atoms with van der Waals surface area (Å²) in [5.74, 6) is 0.141. The van der Waals surface area contributed by atoms with Crippen LogP contribution in [0.25, 0.3) is 0 Å². The van der Waals surface area contributed by atoms with E-state index >= 15 is 0 Å². The zero-order chi connectivity index (χ0) is 14.9. The molecule has 0 aliphatic carbocycles. The maximum absolute atomic E-state index is 12.3. The lowest BCUT2D eigenvalue weighted by molar-refractivity contribution is 0.245. The predicted octanol–water partition coefficient (Wildman–Crippen LogP) is 3.75. The molecule has 0 atom stereocenters. The third-order valence-electron chi connectivity index (χ3n) is 2.35. The van der Waals surface area contributed by atoms with Crippen molar-refractivity contribution < 1.29 is 17.9 Å². The summed E-state index contributed by atoms with van der Waals surface area (Å²) in [5.41, 5.74) is 0.302. The van der Waals surface area contributed by atoms with Crippen molar-refractivity contribution in [3.8, 4) is 0 Å². The Kier molecular flexibility index (Phi) is 4.80. The van der Waals surface area contributed by atoms with Gasteiger partial charge in [0, 0.05) is 6.07 Å². The van der Waals surface area contributed by atoms with E-state index in [2.05, 4.69) is 36.6 Å². The Morgan fingerprint density at radius 1 is 1.35 bits per heavy atom. The molecule has 0 radical (unpaired) electrons. The molecule has 0 saturated heterocycles. The van der Waals surface area contributed by atoms with Crippen LogP contribution in [0.1, 0.15) is 5.76 Å². The maximum Gasteiger partial charge on any atom is 0.266 e. The van der Waals surface area contributed by atoms with E-state index in [0.717, 1.165) is 0 Å². The topological polar surface area (TPSA) is 79.5 Å². The minimum atomic E-state index is -3.86. The zero-order valence-electron chi connectivity index (χ0n) is 9.73. The second-order valence-electron chi connectivity index (χ2n) is 3.72. The van der Waals surface area contributed by atoms with Gasteiger partial charge in [-0.25, -0.2) is 8.42 Å². The molecule has 5 nitrogen and oxygen atoms in total. The summed E-state index contributed by atoms with van der Waals surface area (Å²) in [6.07, 6.45) is 0. The number of rotatable bonds is 4. The average Bonchev–Trinajstić information content (AvgIpc) is 2.77. The largest absolute Gasteiger partial charge is 0.450 e. The number of furan rings is 1. The van der Waals surface area contributed by atoms with Gasteiger partial charge in [-0.3, -0.25) is 4.72 Å². The van der Waals surface area contributed by atoms with Crippen LogP contribution < -0.4 is 4.72 Å². The van der Waals surface area contributed by atoms with Crippen molar-refractivity contribution in [1.29, 1.82) is 0 Å². The summed E-state index contributed by atoms with van der Waals surface area (Å²) in [7, 11) is -3.86. The lowest BCUT2D eigenvalue weighted by atomic mass is 10.3. The van der Waals surface area contributed by atoms with E-state index in [0.29, 0.717) is 15.2 Å². The van der Waals surface area contributed by atoms with Crippen LogP contribution in [-0.4, -0.2) is 13.5 Å². The third kappa shape index (κ3) is 3.20. The predicted molar refractivity (Wildman–Crippen MR) is 82.3 cm³/mol. The van der Waals surface area contributed by atoms with Gasteiger partial charge in [-0.1, -0.05) is 17.7 Å². The van der Waals surface area contributed by atoms with Gasteiger partial charge < -0.3 is 9.52 Å². The summed E-state index contributed by atoms with van der Waals surface area (Å²) >= 11 is 12.1. The average molecular weight is 446 g/mol. The summed E-state index contributed by atoms with van der Waals surface area (Å²) in [4.78, 5) is -0.103. The van der Waals surface area contributed by atoms with Crippen LogP contribution in [0.15, 0.2) is 42.7 Å². The Hall–Kier alpha value is -0.540. The van der Waals surface area contributed by atoms with Crippen LogP contribution in [0.4, 0.5) is 5.69 Å². The minimum absolute atomic E-state index is 0.0206. The number of aliphatic hydroxyl groups is 1. The first-order valence-corrected chi connectivity index (χ1v) is 8.66. The fourth-order valence-corrected chi connectivity index (χ4v) is 4.18. The van der Waals surface area contributed by atoms with Crippen LogP contribution in [0.5, 0.6) is 0 Å². The highest BCUT2D eigenvalue weighted by Crippen LogP contribution is 2.33. The molecular formula is C11H8Br2ClNO4S. The van der Waals surface area contributed by atoms with Crippen molar-refractivity contribution >= 4 is 59.2 Å². The highest BCUT2D eigenvalue weighted by atomic mass is 79.9. The molecular weight excluding hydrogens is 437 g/mol. The Morgan fingerprint density at radius 3 is 2.65 bits per heavy atom. The quantitative estimate of drug-likeness (QED) is 0.751. The maximum atomic E-state index is 12.3. The summed E-state index contributed by atoms with van der Waals surface area (Å²) in [6, 6.07) is 6.05. The van der Waals surface area contributed by atoms with Gasteiger partial charge in [0.05, 0.1) is 15.2 Å². The van der Waals surface area contributed by atoms with Crippen molar-refractivity contribution in [2.45, 2.75) is 11.5 Å². The SMILES string of the molecule is O=S(=O)(Nc1cccc(Cl)c1Br)c1cc(CO)oc1Br. The number of benzene rings is 1. The van der Waals surface area contributed by atoms with Crippen molar-refractivity contribution in [1.82, 2.24) is 0 Å². The van der Waals surface area contributed by atoms with Crippen LogP contribution in [0, 0.1) is 0 Å². The molecule has 1 aromatic heterocycles. The molecule has 9 heteroatoms. The second-order valence-corrected chi connectivity index (χ2v) is 7.29. The third-order valence-corrected chi connectivity index (χ3v) is 5.97. The van der Waals surface area contributed by atoms with E-state index in [1.54, 1.807) is 18.2 Å². The molecule has 2 rings (SSSR count). The van der Waals surface area contributed by atoms with E-state index in [1.807, 2.05) is 0 Å². The van der Waals surface area contributed by atoms with Gasteiger partial charge in [0.2, 0.25) is 0 Å². The van der Waals surface area contributed by atoms with Crippen LogP contribution in [-0.2, 0) is 16.6 Å². The van der Waals surface area contributed by atoms with Crippen LogP contribution >= 0.6 is 43.5 Å². The fourth-order valence-electron chi connectivity index (χ4n) is 1.44. The molecule has 0 aliphatic heterocycles. The Morgan fingerprint density at radius 2 is 2.05 bits per heavy atom. The molecule has 0 saturated carbocycles. The molecule has 0 bridgehead atoms. The Balaban J connectivity index is 2.40. The van der Waals surface area contributed by atoms with Gasteiger partial charge in [-0.2, -0.15) is 0 Å². The standard InChI is InChI=1S/C11H8Br2ClNO4S/c12-10-7(14)2-1-3-8(10)15-20(17,18)9-4-6(5-16)19-11(9)13/h1-4,15-16H,5H2. The van der Waals surface area contributed by atoms with Crippen molar-refractivity contribution in [3.05, 3.63) is 44.2 Å². The molecule has 2 N–H and O–H groups in total. The van der Waals surface area contributed by atoms with Gasteiger partial charge >= 0.3 is 0 Å². The van der Waals surface area contributed by atoms with Gasteiger partial charge in [0.15, 0.2) is 4.67 Å². The number of hydrogen-bond donors (Lipinski definition) is 2. The highest BCUT2D eigenvalue weighted by Gasteiger charge is 2.23. The van der Waals surface area contributed by atoms with Crippen LogP contribution in [0.2, 0.25) is 5.02 Å². The van der Waals surface area contributed by atoms with E-state index < -0.39 is 16.6 Å². The van der Waals surface area contributed by atoms with Crippen molar-refractivity contribution in [2.75, 3.05) is 4.72 Å². The number of anilines is 1.